The summed E-state index contributed by atoms with van der Waals surface area (Å²) in [5.74, 6) is -0.426. The monoisotopic (exact) mass is 283 g/mol. The first-order valence-corrected chi connectivity index (χ1v) is 6.37. The van der Waals surface area contributed by atoms with Crippen molar-refractivity contribution in [3.8, 4) is 5.75 Å². The molecule has 6 heteroatoms. The molecule has 0 unspecified atom stereocenters. The summed E-state index contributed by atoms with van der Waals surface area (Å²) in [6.45, 7) is 0.123. The third-order valence-corrected chi connectivity index (χ3v) is 3.23. The summed E-state index contributed by atoms with van der Waals surface area (Å²) in [5, 5.41) is 14.0. The Morgan fingerprint density at radius 3 is 2.95 bits per heavy atom. The molecular weight excluding hydrogens is 270 g/mol. The minimum atomic E-state index is -1.02. The van der Waals surface area contributed by atoms with Gasteiger partial charge < -0.3 is 9.84 Å². The summed E-state index contributed by atoms with van der Waals surface area (Å²) in [5.41, 5.74) is 1.54. The van der Waals surface area contributed by atoms with E-state index in [1.165, 1.54) is 10.9 Å². The molecule has 0 saturated carbocycles. The fraction of sp³-hybridized carbons (Fsp3) is 0.133. The molecule has 0 aliphatic heterocycles. The second kappa shape index (κ2) is 5.24. The van der Waals surface area contributed by atoms with Gasteiger partial charge in [0.1, 0.15) is 17.9 Å². The van der Waals surface area contributed by atoms with Crippen LogP contribution in [-0.4, -0.2) is 25.8 Å². The zero-order valence-electron chi connectivity index (χ0n) is 11.4. The van der Waals surface area contributed by atoms with Crippen molar-refractivity contribution in [1.82, 2.24) is 14.8 Å². The van der Waals surface area contributed by atoms with Crippen LogP contribution < -0.4 is 4.74 Å². The topological polar surface area (TPSA) is 77.2 Å². The largest absolute Gasteiger partial charge is 0.486 e. The molecule has 2 aromatic heterocycles. The number of aromatic nitrogens is 3. The highest BCUT2D eigenvalue weighted by molar-refractivity contribution is 5.88. The van der Waals surface area contributed by atoms with Crippen LogP contribution in [0.25, 0.3) is 10.9 Å². The number of nitrogens with zero attached hydrogens (tertiary/aromatic N) is 3. The smallest absolute Gasteiger partial charge is 0.339 e. The maximum Gasteiger partial charge on any atom is 0.339 e. The molecule has 0 saturated heterocycles. The maximum atomic E-state index is 11.1. The van der Waals surface area contributed by atoms with E-state index in [9.17, 15) is 4.79 Å². The molecule has 3 rings (SSSR count). The lowest BCUT2D eigenvalue weighted by Crippen LogP contribution is -2.08. The van der Waals surface area contributed by atoms with Crippen molar-refractivity contribution in [1.29, 1.82) is 0 Å². The SMILES string of the molecule is Cn1ncc(C(=O)O)c1COc1cnc2ccccc2c1. The molecular formula is C15H13N3O3. The lowest BCUT2D eigenvalue weighted by molar-refractivity contribution is 0.0693. The minimum absolute atomic E-state index is 0.123. The number of rotatable bonds is 4. The van der Waals surface area contributed by atoms with E-state index in [1.54, 1.807) is 13.2 Å². The van der Waals surface area contributed by atoms with Gasteiger partial charge in [0.15, 0.2) is 0 Å². The molecule has 0 fully saturated rings. The molecule has 0 aliphatic carbocycles. The summed E-state index contributed by atoms with van der Waals surface area (Å²) in [4.78, 5) is 15.4. The van der Waals surface area contributed by atoms with E-state index in [0.29, 0.717) is 11.4 Å². The molecule has 6 nitrogen and oxygen atoms in total. The highest BCUT2D eigenvalue weighted by Gasteiger charge is 2.15. The minimum Gasteiger partial charge on any atom is -0.486 e. The number of fused-ring (bicyclic) bond motifs is 1. The van der Waals surface area contributed by atoms with Crippen LogP contribution in [0, 0.1) is 0 Å². The summed E-state index contributed by atoms with van der Waals surface area (Å²) in [6.07, 6.45) is 2.94. The quantitative estimate of drug-likeness (QED) is 0.794. The number of carboxylic acids is 1. The van der Waals surface area contributed by atoms with Crippen molar-refractivity contribution in [3.05, 3.63) is 54.0 Å². The summed E-state index contributed by atoms with van der Waals surface area (Å²) in [7, 11) is 1.68. The molecule has 0 bridgehead atoms. The first kappa shape index (κ1) is 13.1. The van der Waals surface area contributed by atoms with E-state index >= 15 is 0 Å². The molecule has 3 aromatic rings. The van der Waals surface area contributed by atoms with Crippen molar-refractivity contribution >= 4 is 16.9 Å². The molecule has 106 valence electrons. The van der Waals surface area contributed by atoms with Gasteiger partial charge in [-0.2, -0.15) is 5.10 Å². The van der Waals surface area contributed by atoms with Crippen LogP contribution in [0.3, 0.4) is 0 Å². The van der Waals surface area contributed by atoms with E-state index in [-0.39, 0.29) is 12.2 Å². The van der Waals surface area contributed by atoms with E-state index in [2.05, 4.69) is 10.1 Å². The number of benzene rings is 1. The van der Waals surface area contributed by atoms with Crippen LogP contribution in [0.15, 0.2) is 42.7 Å². The normalized spacial score (nSPS) is 10.7. The summed E-state index contributed by atoms with van der Waals surface area (Å²) >= 11 is 0. The Morgan fingerprint density at radius 2 is 2.14 bits per heavy atom. The van der Waals surface area contributed by atoms with Crippen LogP contribution in [-0.2, 0) is 13.7 Å². The zero-order valence-corrected chi connectivity index (χ0v) is 11.4. The summed E-state index contributed by atoms with van der Waals surface area (Å²) < 4.78 is 7.14. The van der Waals surface area contributed by atoms with Crippen LogP contribution in [0.4, 0.5) is 0 Å². The van der Waals surface area contributed by atoms with Crippen LogP contribution >= 0.6 is 0 Å². The molecule has 21 heavy (non-hydrogen) atoms. The number of hydrogen-bond acceptors (Lipinski definition) is 4. The third kappa shape index (κ3) is 2.55. The van der Waals surface area contributed by atoms with Gasteiger partial charge in [0.25, 0.3) is 0 Å². The average Bonchev–Trinajstić information content (AvgIpc) is 2.86. The number of carbonyl (C=O) groups is 1. The van der Waals surface area contributed by atoms with Crippen molar-refractivity contribution in [2.75, 3.05) is 0 Å². The highest BCUT2D eigenvalue weighted by Crippen LogP contribution is 2.19. The predicted octanol–water partition coefficient (Wildman–Crippen LogP) is 2.25. The Hall–Kier alpha value is -2.89. The van der Waals surface area contributed by atoms with Crippen LogP contribution in [0.1, 0.15) is 16.1 Å². The van der Waals surface area contributed by atoms with Gasteiger partial charge in [-0.25, -0.2) is 4.79 Å². The fourth-order valence-corrected chi connectivity index (χ4v) is 2.09. The van der Waals surface area contributed by atoms with E-state index < -0.39 is 5.97 Å². The highest BCUT2D eigenvalue weighted by atomic mass is 16.5. The van der Waals surface area contributed by atoms with Gasteiger partial charge in [-0.1, -0.05) is 18.2 Å². The lowest BCUT2D eigenvalue weighted by Gasteiger charge is -2.08. The second-order valence-electron chi connectivity index (χ2n) is 4.59. The number of aromatic carboxylic acids is 1. The number of pyridine rings is 1. The first-order valence-electron chi connectivity index (χ1n) is 6.37. The van der Waals surface area contributed by atoms with E-state index in [0.717, 1.165) is 10.9 Å². The second-order valence-corrected chi connectivity index (χ2v) is 4.59. The lowest BCUT2D eigenvalue weighted by atomic mass is 10.2. The Balaban J connectivity index is 1.83. The van der Waals surface area contributed by atoms with Gasteiger partial charge in [-0.3, -0.25) is 9.67 Å². The molecule has 0 amide bonds. The molecule has 1 aromatic carbocycles. The summed E-state index contributed by atoms with van der Waals surface area (Å²) in [6, 6.07) is 9.59. The number of ether oxygens (including phenoxy) is 1. The van der Waals surface area contributed by atoms with Crippen LogP contribution in [0.5, 0.6) is 5.75 Å². The molecule has 0 spiro atoms. The molecule has 0 radical (unpaired) electrons. The third-order valence-electron chi connectivity index (χ3n) is 3.23. The van der Waals surface area contributed by atoms with Gasteiger partial charge in [0, 0.05) is 12.4 Å². The molecule has 0 aliphatic rings. The van der Waals surface area contributed by atoms with E-state index in [4.69, 9.17) is 9.84 Å². The molecule has 2 heterocycles. The van der Waals surface area contributed by atoms with Gasteiger partial charge in [-0.05, 0) is 12.1 Å². The first-order chi connectivity index (χ1) is 10.1. The average molecular weight is 283 g/mol. The number of para-hydroxylation sites is 1. The molecule has 1 N–H and O–H groups in total. The Labute approximate surface area is 120 Å². The predicted molar refractivity (Wildman–Crippen MR) is 76.2 cm³/mol. The standard InChI is InChI=1S/C15H13N3O3/c1-18-14(12(8-17-18)15(19)20)9-21-11-6-10-4-2-3-5-13(10)16-7-11/h2-8H,9H2,1H3,(H,19,20). The van der Waals surface area contributed by atoms with Crippen molar-refractivity contribution in [3.63, 3.8) is 0 Å². The van der Waals surface area contributed by atoms with Crippen molar-refractivity contribution in [2.24, 2.45) is 7.05 Å². The number of hydrogen-bond donors (Lipinski definition) is 1. The Bertz CT molecular complexity index is 811. The molecule has 0 atom stereocenters. The zero-order chi connectivity index (χ0) is 14.8. The fourth-order valence-electron chi connectivity index (χ4n) is 2.09. The Morgan fingerprint density at radius 1 is 1.33 bits per heavy atom. The maximum absolute atomic E-state index is 11.1. The van der Waals surface area contributed by atoms with Crippen molar-refractivity contribution < 1.29 is 14.6 Å². The number of carboxylic acid groups (broad SMARTS) is 1. The number of aryl methyl sites for hydroxylation is 1. The van der Waals surface area contributed by atoms with E-state index in [1.807, 2.05) is 30.3 Å². The van der Waals surface area contributed by atoms with Gasteiger partial charge in [0.2, 0.25) is 0 Å². The van der Waals surface area contributed by atoms with Gasteiger partial charge in [0.05, 0.1) is 23.6 Å². The van der Waals surface area contributed by atoms with Crippen LogP contribution in [0.2, 0.25) is 0 Å². The Kier molecular flexibility index (Phi) is 3.27. The van der Waals surface area contributed by atoms with Gasteiger partial charge in [-0.15, -0.1) is 0 Å². The van der Waals surface area contributed by atoms with Crippen molar-refractivity contribution in [2.45, 2.75) is 6.61 Å². The van der Waals surface area contributed by atoms with Gasteiger partial charge >= 0.3 is 5.97 Å².